The van der Waals surface area contributed by atoms with Crippen molar-refractivity contribution >= 4 is 11.1 Å². The average Bonchev–Trinajstić information content (AvgIpc) is 2.85. The third-order valence-electron chi connectivity index (χ3n) is 4.40. The van der Waals surface area contributed by atoms with Gasteiger partial charge in [-0.1, -0.05) is 36.4 Å². The van der Waals surface area contributed by atoms with Crippen LogP contribution in [0.3, 0.4) is 0 Å². The predicted molar refractivity (Wildman–Crippen MR) is 77.6 cm³/mol. The second-order valence-corrected chi connectivity index (χ2v) is 5.44. The van der Waals surface area contributed by atoms with Gasteiger partial charge in [0.05, 0.1) is 6.61 Å². The maximum Gasteiger partial charge on any atom is 0.0682 e. The molecule has 0 spiro atoms. The van der Waals surface area contributed by atoms with E-state index in [1.807, 2.05) is 6.07 Å². The van der Waals surface area contributed by atoms with Crippen LogP contribution in [0.1, 0.15) is 34.2 Å². The monoisotopic (exact) mass is 248 g/mol. The van der Waals surface area contributed by atoms with E-state index in [2.05, 4.69) is 36.4 Å². The normalized spacial score (nSPS) is 16.1. The molecule has 0 radical (unpaired) electrons. The van der Waals surface area contributed by atoms with Crippen molar-refractivity contribution in [2.45, 2.75) is 25.9 Å². The van der Waals surface area contributed by atoms with Crippen molar-refractivity contribution in [1.29, 1.82) is 0 Å². The Bertz CT molecular complexity index is 695. The van der Waals surface area contributed by atoms with Crippen LogP contribution in [0.25, 0.3) is 11.1 Å². The molecule has 1 nitrogen and oxygen atoms in total. The molecule has 0 amide bonds. The van der Waals surface area contributed by atoms with Gasteiger partial charge >= 0.3 is 0 Å². The molecule has 2 aliphatic rings. The molecule has 0 aromatic heterocycles. The van der Waals surface area contributed by atoms with Crippen LogP contribution in [0.5, 0.6) is 0 Å². The summed E-state index contributed by atoms with van der Waals surface area (Å²) >= 11 is 0. The smallest absolute Gasteiger partial charge is 0.0682 e. The minimum atomic E-state index is 0.131. The van der Waals surface area contributed by atoms with Gasteiger partial charge in [-0.3, -0.25) is 0 Å². The fraction of sp³-hybridized carbons (Fsp3) is 0.222. The van der Waals surface area contributed by atoms with Gasteiger partial charge < -0.3 is 5.11 Å². The summed E-state index contributed by atoms with van der Waals surface area (Å²) in [6.45, 7) is 0.131. The molecule has 2 aromatic carbocycles. The van der Waals surface area contributed by atoms with E-state index in [4.69, 9.17) is 0 Å². The fourth-order valence-electron chi connectivity index (χ4n) is 3.45. The zero-order valence-electron chi connectivity index (χ0n) is 10.8. The highest BCUT2D eigenvalue weighted by Gasteiger charge is 2.26. The van der Waals surface area contributed by atoms with Gasteiger partial charge in [-0.15, -0.1) is 0 Å². The second kappa shape index (κ2) is 4.07. The van der Waals surface area contributed by atoms with E-state index in [0.29, 0.717) is 0 Å². The largest absolute Gasteiger partial charge is 0.392 e. The summed E-state index contributed by atoms with van der Waals surface area (Å²) in [6.07, 6.45) is 3.32. The van der Waals surface area contributed by atoms with Crippen LogP contribution in [0, 0.1) is 0 Å². The first-order chi connectivity index (χ1) is 9.36. The molecule has 2 aromatic rings. The molecule has 19 heavy (non-hydrogen) atoms. The second-order valence-electron chi connectivity index (χ2n) is 5.44. The minimum Gasteiger partial charge on any atom is -0.392 e. The summed E-state index contributed by atoms with van der Waals surface area (Å²) in [5, 5.41) is 9.31. The highest BCUT2D eigenvalue weighted by molar-refractivity contribution is 5.99. The zero-order valence-corrected chi connectivity index (χ0v) is 10.8. The minimum absolute atomic E-state index is 0.131. The molecule has 0 heterocycles. The Hall–Kier alpha value is -1.86. The lowest BCUT2D eigenvalue weighted by Crippen LogP contribution is -2.01. The van der Waals surface area contributed by atoms with E-state index < -0.39 is 0 Å². The van der Waals surface area contributed by atoms with Crippen molar-refractivity contribution in [3.8, 4) is 0 Å². The highest BCUT2D eigenvalue weighted by Crippen LogP contribution is 2.45. The maximum absolute atomic E-state index is 9.31. The molecule has 0 aliphatic heterocycles. The summed E-state index contributed by atoms with van der Waals surface area (Å²) in [7, 11) is 0. The van der Waals surface area contributed by atoms with Crippen molar-refractivity contribution in [3.63, 3.8) is 0 Å². The molecular formula is C18H16O. The first-order valence-electron chi connectivity index (χ1n) is 6.90. The van der Waals surface area contributed by atoms with E-state index in [1.54, 1.807) is 0 Å². The molecule has 1 heteroatoms. The molecule has 2 aliphatic carbocycles. The summed E-state index contributed by atoms with van der Waals surface area (Å²) in [5.74, 6) is 0. The number of hydrogen-bond acceptors (Lipinski definition) is 1. The molecular weight excluding hydrogens is 232 g/mol. The van der Waals surface area contributed by atoms with E-state index in [9.17, 15) is 5.11 Å². The Morgan fingerprint density at radius 1 is 0.842 bits per heavy atom. The molecule has 0 unspecified atom stereocenters. The fourth-order valence-corrected chi connectivity index (χ4v) is 3.45. The molecule has 4 rings (SSSR count). The molecule has 0 saturated carbocycles. The van der Waals surface area contributed by atoms with Crippen molar-refractivity contribution < 1.29 is 5.11 Å². The van der Waals surface area contributed by atoms with Crippen LogP contribution < -0.4 is 0 Å². The van der Waals surface area contributed by atoms with Gasteiger partial charge in [-0.05, 0) is 64.3 Å². The molecule has 94 valence electrons. The van der Waals surface area contributed by atoms with Crippen molar-refractivity contribution in [2.24, 2.45) is 0 Å². The summed E-state index contributed by atoms with van der Waals surface area (Å²) in [6, 6.07) is 15.2. The lowest BCUT2D eigenvalue weighted by molar-refractivity contribution is 0.282. The number of benzene rings is 2. The van der Waals surface area contributed by atoms with Gasteiger partial charge in [-0.25, -0.2) is 0 Å². The SMILES string of the molecule is OCc1ccc2c(c1)C1=C(C2)c2ccccc2CC1. The Morgan fingerprint density at radius 3 is 2.63 bits per heavy atom. The van der Waals surface area contributed by atoms with Gasteiger partial charge in [0.25, 0.3) is 0 Å². The van der Waals surface area contributed by atoms with Gasteiger partial charge in [0.1, 0.15) is 0 Å². The lowest BCUT2D eigenvalue weighted by Gasteiger charge is -2.19. The van der Waals surface area contributed by atoms with Crippen LogP contribution >= 0.6 is 0 Å². The van der Waals surface area contributed by atoms with E-state index in [0.717, 1.165) is 24.8 Å². The molecule has 0 atom stereocenters. The quantitative estimate of drug-likeness (QED) is 0.817. The topological polar surface area (TPSA) is 20.2 Å². The lowest BCUT2D eigenvalue weighted by atomic mass is 9.86. The Balaban J connectivity index is 1.89. The number of hydrogen-bond donors (Lipinski definition) is 1. The third-order valence-corrected chi connectivity index (χ3v) is 4.40. The molecule has 1 N–H and O–H groups in total. The van der Waals surface area contributed by atoms with Gasteiger partial charge in [0.2, 0.25) is 0 Å². The Morgan fingerprint density at radius 2 is 1.74 bits per heavy atom. The molecule has 0 bridgehead atoms. The van der Waals surface area contributed by atoms with Gasteiger partial charge in [0, 0.05) is 0 Å². The van der Waals surface area contributed by atoms with Crippen molar-refractivity contribution in [1.82, 2.24) is 0 Å². The van der Waals surface area contributed by atoms with Crippen LogP contribution in [-0.2, 0) is 19.4 Å². The zero-order chi connectivity index (χ0) is 12.8. The van der Waals surface area contributed by atoms with Gasteiger partial charge in [0.15, 0.2) is 0 Å². The van der Waals surface area contributed by atoms with E-state index in [1.165, 1.54) is 33.4 Å². The Kier molecular flexibility index (Phi) is 2.36. The number of allylic oxidation sites excluding steroid dienone is 2. The van der Waals surface area contributed by atoms with Crippen LogP contribution in [-0.4, -0.2) is 5.11 Å². The highest BCUT2D eigenvalue weighted by atomic mass is 16.3. The summed E-state index contributed by atoms with van der Waals surface area (Å²) in [5.41, 5.74) is 9.74. The van der Waals surface area contributed by atoms with Crippen LogP contribution in [0.2, 0.25) is 0 Å². The summed E-state index contributed by atoms with van der Waals surface area (Å²) < 4.78 is 0. The van der Waals surface area contributed by atoms with Crippen molar-refractivity contribution in [3.05, 3.63) is 70.3 Å². The average molecular weight is 248 g/mol. The molecule has 0 saturated heterocycles. The first-order valence-corrected chi connectivity index (χ1v) is 6.90. The van der Waals surface area contributed by atoms with Crippen LogP contribution in [0.15, 0.2) is 42.5 Å². The number of fused-ring (bicyclic) bond motifs is 4. The number of aliphatic hydroxyl groups excluding tert-OH is 1. The summed E-state index contributed by atoms with van der Waals surface area (Å²) in [4.78, 5) is 0. The Labute approximate surface area is 113 Å². The van der Waals surface area contributed by atoms with E-state index in [-0.39, 0.29) is 6.61 Å². The molecule has 0 fully saturated rings. The van der Waals surface area contributed by atoms with E-state index >= 15 is 0 Å². The first kappa shape index (κ1) is 11.0. The third kappa shape index (κ3) is 1.58. The maximum atomic E-state index is 9.31. The standard InChI is InChI=1S/C18H16O/c19-11-12-5-6-14-10-18-15-4-2-1-3-13(15)7-8-16(18)17(14)9-12/h1-6,9,19H,7-8,10-11H2. The number of aliphatic hydroxyl groups is 1. The number of aryl methyl sites for hydroxylation is 1. The van der Waals surface area contributed by atoms with Gasteiger partial charge in [-0.2, -0.15) is 0 Å². The van der Waals surface area contributed by atoms with Crippen molar-refractivity contribution in [2.75, 3.05) is 0 Å². The number of rotatable bonds is 1. The van der Waals surface area contributed by atoms with Crippen LogP contribution in [0.4, 0.5) is 0 Å². The predicted octanol–water partition coefficient (Wildman–Crippen LogP) is 3.59.